The van der Waals surface area contributed by atoms with E-state index in [1.165, 1.54) is 11.3 Å². The number of rotatable bonds is 2. The maximum Gasteiger partial charge on any atom is 0.231 e. The zero-order valence-corrected chi connectivity index (χ0v) is 8.15. The van der Waals surface area contributed by atoms with E-state index >= 15 is 0 Å². The summed E-state index contributed by atoms with van der Waals surface area (Å²) in [6, 6.07) is 0. The minimum atomic E-state index is 0.0769. The van der Waals surface area contributed by atoms with E-state index in [0.29, 0.717) is 5.13 Å². The lowest BCUT2D eigenvalue weighted by Gasteiger charge is -2.25. The Morgan fingerprint density at radius 2 is 2.54 bits per heavy atom. The smallest absolute Gasteiger partial charge is 0.231 e. The summed E-state index contributed by atoms with van der Waals surface area (Å²) in [7, 11) is 0. The molecule has 1 aliphatic rings. The molecule has 0 bridgehead atoms. The molecular formula is C8H11N3OS. The predicted molar refractivity (Wildman–Crippen MR) is 51.8 cm³/mol. The van der Waals surface area contributed by atoms with Gasteiger partial charge in [0.05, 0.1) is 5.92 Å². The Labute approximate surface area is 80.4 Å². The van der Waals surface area contributed by atoms with Crippen LogP contribution >= 0.6 is 11.3 Å². The molecule has 0 saturated carbocycles. The highest BCUT2D eigenvalue weighted by Gasteiger charge is 2.25. The number of anilines is 1. The van der Waals surface area contributed by atoms with E-state index in [9.17, 15) is 4.79 Å². The molecule has 1 aliphatic heterocycles. The van der Waals surface area contributed by atoms with Crippen molar-refractivity contribution in [2.75, 3.05) is 18.4 Å². The molecular weight excluding hydrogens is 186 g/mol. The van der Waals surface area contributed by atoms with Crippen LogP contribution in [0.5, 0.6) is 0 Å². The van der Waals surface area contributed by atoms with Crippen LogP contribution in [0.15, 0.2) is 6.20 Å². The van der Waals surface area contributed by atoms with Gasteiger partial charge in [0.1, 0.15) is 0 Å². The summed E-state index contributed by atoms with van der Waals surface area (Å²) in [5.74, 6) is 0.206. The minimum Gasteiger partial charge on any atom is -0.315 e. The number of hydrogen-bond donors (Lipinski definition) is 2. The lowest BCUT2D eigenvalue weighted by molar-refractivity contribution is -0.121. The van der Waals surface area contributed by atoms with E-state index < -0.39 is 0 Å². The molecule has 2 N–H and O–H groups in total. The van der Waals surface area contributed by atoms with Gasteiger partial charge in [-0.25, -0.2) is 4.98 Å². The molecule has 1 fully saturated rings. The fraction of sp³-hybridized carbons (Fsp3) is 0.500. The van der Waals surface area contributed by atoms with Crippen LogP contribution in [0.25, 0.3) is 0 Å². The molecule has 1 aromatic heterocycles. The summed E-state index contributed by atoms with van der Waals surface area (Å²) >= 11 is 1.50. The Morgan fingerprint density at radius 3 is 3.00 bits per heavy atom. The summed E-state index contributed by atoms with van der Waals surface area (Å²) in [6.45, 7) is 3.55. The van der Waals surface area contributed by atoms with Crippen molar-refractivity contribution in [2.45, 2.75) is 6.92 Å². The van der Waals surface area contributed by atoms with E-state index in [0.717, 1.165) is 18.0 Å². The first-order valence-electron chi connectivity index (χ1n) is 4.20. The van der Waals surface area contributed by atoms with Crippen LogP contribution in [0.2, 0.25) is 0 Å². The molecule has 0 radical (unpaired) electrons. The second-order valence-corrected chi connectivity index (χ2v) is 4.36. The maximum absolute atomic E-state index is 11.4. The topological polar surface area (TPSA) is 54.0 Å². The van der Waals surface area contributed by atoms with Crippen molar-refractivity contribution in [3.63, 3.8) is 0 Å². The maximum atomic E-state index is 11.4. The van der Waals surface area contributed by atoms with Gasteiger partial charge in [-0.2, -0.15) is 0 Å². The van der Waals surface area contributed by atoms with E-state index in [2.05, 4.69) is 15.6 Å². The Morgan fingerprint density at radius 1 is 1.77 bits per heavy atom. The molecule has 4 nitrogen and oxygen atoms in total. The van der Waals surface area contributed by atoms with Crippen molar-refractivity contribution in [1.29, 1.82) is 0 Å². The molecule has 0 unspecified atom stereocenters. The van der Waals surface area contributed by atoms with Crippen LogP contribution in [0.1, 0.15) is 4.88 Å². The van der Waals surface area contributed by atoms with Crippen LogP contribution in [0.4, 0.5) is 5.13 Å². The highest BCUT2D eigenvalue weighted by Crippen LogP contribution is 2.17. The molecule has 1 aromatic rings. The number of thiazole rings is 1. The normalized spacial score (nSPS) is 16.7. The first-order valence-corrected chi connectivity index (χ1v) is 5.01. The number of amides is 1. The predicted octanol–water partition coefficient (Wildman–Crippen LogP) is 0.609. The number of hydrogen-bond acceptors (Lipinski definition) is 4. The van der Waals surface area contributed by atoms with Gasteiger partial charge in [0.25, 0.3) is 0 Å². The van der Waals surface area contributed by atoms with E-state index in [1.807, 2.05) is 6.92 Å². The number of aryl methyl sites for hydroxylation is 1. The van der Waals surface area contributed by atoms with Crippen molar-refractivity contribution in [1.82, 2.24) is 10.3 Å². The van der Waals surface area contributed by atoms with Crippen molar-refractivity contribution in [3.8, 4) is 0 Å². The zero-order chi connectivity index (χ0) is 9.26. The molecule has 2 heterocycles. The Balaban J connectivity index is 1.93. The fourth-order valence-corrected chi connectivity index (χ4v) is 1.76. The van der Waals surface area contributed by atoms with Gasteiger partial charge in [-0.15, -0.1) is 11.3 Å². The number of nitrogens with one attached hydrogen (secondary N) is 2. The Kier molecular flexibility index (Phi) is 2.28. The summed E-state index contributed by atoms with van der Waals surface area (Å²) in [5, 5.41) is 6.55. The third kappa shape index (κ3) is 1.87. The minimum absolute atomic E-state index is 0.0769. The molecule has 0 atom stereocenters. The van der Waals surface area contributed by atoms with Gasteiger partial charge in [-0.3, -0.25) is 4.79 Å². The van der Waals surface area contributed by atoms with Crippen molar-refractivity contribution in [3.05, 3.63) is 11.1 Å². The van der Waals surface area contributed by atoms with Gasteiger partial charge in [-0.05, 0) is 6.92 Å². The Hall–Kier alpha value is -0.940. The fourth-order valence-electron chi connectivity index (χ4n) is 1.09. The zero-order valence-electron chi connectivity index (χ0n) is 7.33. The third-order valence-corrected chi connectivity index (χ3v) is 2.83. The summed E-state index contributed by atoms with van der Waals surface area (Å²) in [5.41, 5.74) is 0. The van der Waals surface area contributed by atoms with E-state index in [-0.39, 0.29) is 11.8 Å². The van der Waals surface area contributed by atoms with Crippen LogP contribution in [-0.4, -0.2) is 24.0 Å². The van der Waals surface area contributed by atoms with Crippen LogP contribution in [-0.2, 0) is 4.79 Å². The number of carbonyl (C=O) groups excluding carboxylic acids is 1. The number of nitrogens with zero attached hydrogens (tertiary/aromatic N) is 1. The molecule has 0 aromatic carbocycles. The van der Waals surface area contributed by atoms with Gasteiger partial charge in [-0.1, -0.05) is 0 Å². The first-order chi connectivity index (χ1) is 6.25. The molecule has 2 rings (SSSR count). The monoisotopic (exact) mass is 197 g/mol. The summed E-state index contributed by atoms with van der Waals surface area (Å²) in [4.78, 5) is 16.6. The van der Waals surface area contributed by atoms with Crippen molar-refractivity contribution >= 4 is 22.4 Å². The van der Waals surface area contributed by atoms with Crippen molar-refractivity contribution in [2.24, 2.45) is 5.92 Å². The lowest BCUT2D eigenvalue weighted by Crippen LogP contribution is -2.48. The van der Waals surface area contributed by atoms with Crippen LogP contribution in [0.3, 0.4) is 0 Å². The van der Waals surface area contributed by atoms with Gasteiger partial charge >= 0.3 is 0 Å². The molecule has 13 heavy (non-hydrogen) atoms. The SMILES string of the molecule is Cc1cnc(NC(=O)C2CNC2)s1. The average Bonchev–Trinajstić information content (AvgIpc) is 2.31. The third-order valence-electron chi connectivity index (χ3n) is 2.00. The van der Waals surface area contributed by atoms with E-state index in [4.69, 9.17) is 0 Å². The second kappa shape index (κ2) is 3.43. The molecule has 0 aliphatic carbocycles. The highest BCUT2D eigenvalue weighted by atomic mass is 32.1. The summed E-state index contributed by atoms with van der Waals surface area (Å²) in [6.07, 6.45) is 1.76. The number of carbonyl (C=O) groups is 1. The average molecular weight is 197 g/mol. The van der Waals surface area contributed by atoms with Gasteiger partial charge < -0.3 is 10.6 Å². The summed E-state index contributed by atoms with van der Waals surface area (Å²) < 4.78 is 0. The molecule has 0 spiro atoms. The van der Waals surface area contributed by atoms with Crippen molar-refractivity contribution < 1.29 is 4.79 Å². The molecule has 1 amide bonds. The quantitative estimate of drug-likeness (QED) is 0.730. The highest BCUT2D eigenvalue weighted by molar-refractivity contribution is 7.15. The lowest BCUT2D eigenvalue weighted by atomic mass is 10.0. The number of aromatic nitrogens is 1. The van der Waals surface area contributed by atoms with Gasteiger partial charge in [0.15, 0.2) is 5.13 Å². The first kappa shape index (κ1) is 8.65. The van der Waals surface area contributed by atoms with Gasteiger partial charge in [0, 0.05) is 24.2 Å². The van der Waals surface area contributed by atoms with Gasteiger partial charge in [0.2, 0.25) is 5.91 Å². The Bertz CT molecular complexity index is 319. The second-order valence-electron chi connectivity index (χ2n) is 3.12. The standard InChI is InChI=1S/C8H11N3OS/c1-5-2-10-8(13-5)11-7(12)6-3-9-4-6/h2,6,9H,3-4H2,1H3,(H,10,11,12). The molecule has 1 saturated heterocycles. The molecule has 70 valence electrons. The van der Waals surface area contributed by atoms with Crippen LogP contribution in [0, 0.1) is 12.8 Å². The molecule has 5 heteroatoms. The van der Waals surface area contributed by atoms with E-state index in [1.54, 1.807) is 6.20 Å². The largest absolute Gasteiger partial charge is 0.315 e. The van der Waals surface area contributed by atoms with Crippen LogP contribution < -0.4 is 10.6 Å².